The molecule has 0 saturated carbocycles. The Labute approximate surface area is 190 Å². The topological polar surface area (TPSA) is 84.9 Å². The van der Waals surface area contributed by atoms with Crippen LogP contribution in [0.25, 0.3) is 22.2 Å². The molecule has 4 rings (SSSR count). The largest absolute Gasteiger partial charge is 0.481 e. The second kappa shape index (κ2) is 10.8. The van der Waals surface area contributed by atoms with E-state index in [1.165, 1.54) is 5.56 Å². The lowest BCUT2D eigenvalue weighted by Crippen LogP contribution is -1.97. The van der Waals surface area contributed by atoms with Gasteiger partial charge in [0.25, 0.3) is 0 Å². The van der Waals surface area contributed by atoms with E-state index in [0.717, 1.165) is 22.2 Å². The summed E-state index contributed by atoms with van der Waals surface area (Å²) in [7, 11) is 3.36. The van der Waals surface area contributed by atoms with Crippen molar-refractivity contribution < 1.29 is 4.74 Å². The number of methoxy groups -OCH3 is 1. The molecule has 9 heteroatoms. The molecule has 0 bridgehead atoms. The molecular weight excluding hydrogens is 432 g/mol. The van der Waals surface area contributed by atoms with Crippen molar-refractivity contribution in [3.63, 3.8) is 0 Å². The van der Waals surface area contributed by atoms with Crippen molar-refractivity contribution in [1.29, 1.82) is 0 Å². The first-order chi connectivity index (χ1) is 15.0. The molecule has 0 aliphatic rings. The summed E-state index contributed by atoms with van der Waals surface area (Å²) < 4.78 is 8.06. The molecular formula is C22H23ClN6OS. The highest BCUT2D eigenvalue weighted by atomic mass is 35.5. The molecule has 4 aromatic rings. The number of halogens is 1. The Morgan fingerprint density at radius 2 is 1.84 bits per heavy atom. The van der Waals surface area contributed by atoms with E-state index in [1.54, 1.807) is 50.6 Å². The van der Waals surface area contributed by atoms with Crippen LogP contribution in [0.5, 0.6) is 5.88 Å². The fourth-order valence-corrected chi connectivity index (χ4v) is 3.26. The van der Waals surface area contributed by atoms with Crippen LogP contribution in [-0.4, -0.2) is 40.3 Å². The smallest absolute Gasteiger partial charge is 0.224 e. The standard InChI is InChI=1S/C16H17N5S.C6H6ClNO/c1-10-4-5-13(21-22-3)7-14(10)11-6-12-9-19-16(17-2)20-15(12)18-8-11;1-9-6-3-2-5(7)4-8-6/h4-9,21H,1-3H3,(H,17,18,19,20);2-4H,1H3. The Morgan fingerprint density at radius 3 is 2.52 bits per heavy atom. The number of pyridine rings is 2. The van der Waals surface area contributed by atoms with Gasteiger partial charge in [0.2, 0.25) is 11.8 Å². The number of rotatable bonds is 5. The van der Waals surface area contributed by atoms with Crippen LogP contribution in [0.2, 0.25) is 5.02 Å². The molecule has 0 unspecified atom stereocenters. The van der Waals surface area contributed by atoms with E-state index in [0.29, 0.717) is 22.5 Å². The molecule has 0 amide bonds. The summed E-state index contributed by atoms with van der Waals surface area (Å²) in [6.07, 6.45) is 7.21. The van der Waals surface area contributed by atoms with E-state index in [1.807, 2.05) is 12.5 Å². The Morgan fingerprint density at radius 1 is 1.00 bits per heavy atom. The SMILES string of the molecule is CNc1ncc2cc(-c3cc(NSC)ccc3C)cnc2n1.COc1ccc(Cl)cn1. The molecule has 0 radical (unpaired) electrons. The fraction of sp³-hybridized carbons (Fsp3) is 0.182. The van der Waals surface area contributed by atoms with E-state index in [-0.39, 0.29) is 0 Å². The number of hydrogen-bond acceptors (Lipinski definition) is 8. The normalized spacial score (nSPS) is 10.2. The lowest BCUT2D eigenvalue weighted by molar-refractivity contribution is 0.398. The highest BCUT2D eigenvalue weighted by molar-refractivity contribution is 7.99. The number of ether oxygens (including phenoxy) is 1. The molecule has 7 nitrogen and oxygen atoms in total. The number of nitrogens with one attached hydrogen (secondary N) is 2. The van der Waals surface area contributed by atoms with Crippen molar-refractivity contribution in [3.8, 4) is 17.0 Å². The number of benzene rings is 1. The van der Waals surface area contributed by atoms with Gasteiger partial charge in [-0.2, -0.15) is 4.98 Å². The fourth-order valence-electron chi connectivity index (χ4n) is 2.79. The van der Waals surface area contributed by atoms with Gasteiger partial charge in [0.15, 0.2) is 5.65 Å². The third-order valence-corrected chi connectivity index (χ3v) is 5.00. The van der Waals surface area contributed by atoms with Gasteiger partial charge in [0.1, 0.15) is 0 Å². The molecule has 0 spiro atoms. The van der Waals surface area contributed by atoms with E-state index in [2.05, 4.69) is 61.2 Å². The summed E-state index contributed by atoms with van der Waals surface area (Å²) in [5.41, 5.74) is 5.20. The van der Waals surface area contributed by atoms with Crippen molar-refractivity contribution in [2.75, 3.05) is 30.5 Å². The van der Waals surface area contributed by atoms with Crippen LogP contribution in [0.4, 0.5) is 11.6 Å². The quantitative estimate of drug-likeness (QED) is 0.384. The van der Waals surface area contributed by atoms with Gasteiger partial charge in [-0.1, -0.05) is 29.6 Å². The Kier molecular flexibility index (Phi) is 7.86. The minimum atomic E-state index is 0.579. The molecule has 160 valence electrons. The van der Waals surface area contributed by atoms with Crippen LogP contribution in [0.15, 0.2) is 55.0 Å². The number of nitrogens with zero attached hydrogens (tertiary/aromatic N) is 4. The lowest BCUT2D eigenvalue weighted by atomic mass is 10.0. The average molecular weight is 455 g/mol. The summed E-state index contributed by atoms with van der Waals surface area (Å²) in [4.78, 5) is 16.9. The first-order valence-corrected chi connectivity index (χ1v) is 11.0. The minimum Gasteiger partial charge on any atom is -0.481 e. The highest BCUT2D eigenvalue weighted by Crippen LogP contribution is 2.28. The molecule has 0 saturated heterocycles. The van der Waals surface area contributed by atoms with Crippen LogP contribution in [0.3, 0.4) is 0 Å². The molecule has 2 N–H and O–H groups in total. The Bertz CT molecular complexity index is 1160. The second-order valence-corrected chi connectivity index (χ2v) is 7.48. The Balaban J connectivity index is 0.000000254. The molecule has 31 heavy (non-hydrogen) atoms. The number of aromatic nitrogens is 4. The maximum Gasteiger partial charge on any atom is 0.224 e. The Hall–Kier alpha value is -3.10. The first-order valence-electron chi connectivity index (χ1n) is 9.40. The summed E-state index contributed by atoms with van der Waals surface area (Å²) >= 11 is 7.13. The monoisotopic (exact) mass is 454 g/mol. The van der Waals surface area contributed by atoms with Crippen molar-refractivity contribution in [1.82, 2.24) is 19.9 Å². The van der Waals surface area contributed by atoms with Crippen LogP contribution in [0, 0.1) is 6.92 Å². The number of aryl methyl sites for hydroxylation is 1. The second-order valence-electron chi connectivity index (χ2n) is 6.44. The van der Waals surface area contributed by atoms with Crippen molar-refractivity contribution in [2.45, 2.75) is 6.92 Å². The van der Waals surface area contributed by atoms with Gasteiger partial charge in [-0.05, 0) is 42.3 Å². The van der Waals surface area contributed by atoms with Gasteiger partial charge >= 0.3 is 0 Å². The average Bonchev–Trinajstić information content (AvgIpc) is 2.81. The van der Waals surface area contributed by atoms with E-state index >= 15 is 0 Å². The van der Waals surface area contributed by atoms with Gasteiger partial charge in [0.05, 0.1) is 12.1 Å². The van der Waals surface area contributed by atoms with E-state index in [9.17, 15) is 0 Å². The maximum atomic E-state index is 5.55. The van der Waals surface area contributed by atoms with Crippen LogP contribution in [0.1, 0.15) is 5.56 Å². The number of hydrogen-bond donors (Lipinski definition) is 2. The molecule has 3 aromatic heterocycles. The number of anilines is 2. The third-order valence-electron chi connectivity index (χ3n) is 4.33. The van der Waals surface area contributed by atoms with Crippen LogP contribution in [-0.2, 0) is 0 Å². The van der Waals surface area contributed by atoms with Gasteiger partial charge in [-0.25, -0.2) is 15.0 Å². The number of fused-ring (bicyclic) bond motifs is 1. The van der Waals surface area contributed by atoms with Gasteiger partial charge in [-0.15, -0.1) is 0 Å². The maximum absolute atomic E-state index is 5.55. The van der Waals surface area contributed by atoms with Crippen molar-refractivity contribution in [2.24, 2.45) is 0 Å². The van der Waals surface area contributed by atoms with Crippen LogP contribution < -0.4 is 14.8 Å². The lowest BCUT2D eigenvalue weighted by Gasteiger charge is -2.10. The molecule has 0 aliphatic heterocycles. The molecule has 0 fully saturated rings. The molecule has 1 aromatic carbocycles. The van der Waals surface area contributed by atoms with Crippen LogP contribution >= 0.6 is 23.5 Å². The summed E-state index contributed by atoms with van der Waals surface area (Å²) in [5, 5.41) is 4.47. The van der Waals surface area contributed by atoms with E-state index in [4.69, 9.17) is 16.3 Å². The van der Waals surface area contributed by atoms with E-state index < -0.39 is 0 Å². The summed E-state index contributed by atoms with van der Waals surface area (Å²) in [5.74, 6) is 1.16. The van der Waals surface area contributed by atoms with Crippen molar-refractivity contribution >= 4 is 46.2 Å². The zero-order chi connectivity index (χ0) is 22.2. The third kappa shape index (κ3) is 5.96. The molecule has 3 heterocycles. The highest BCUT2D eigenvalue weighted by Gasteiger charge is 2.07. The predicted octanol–water partition coefficient (Wildman–Crippen LogP) is 5.48. The molecule has 0 aliphatic carbocycles. The first kappa shape index (κ1) is 22.6. The van der Waals surface area contributed by atoms with Crippen molar-refractivity contribution in [3.05, 3.63) is 65.6 Å². The zero-order valence-corrected chi connectivity index (χ0v) is 19.3. The van der Waals surface area contributed by atoms with Gasteiger partial charge < -0.3 is 14.8 Å². The van der Waals surface area contributed by atoms with Gasteiger partial charge in [-0.3, -0.25) is 0 Å². The summed E-state index contributed by atoms with van der Waals surface area (Å²) in [6.45, 7) is 2.10. The molecule has 0 atom stereocenters. The minimum absolute atomic E-state index is 0.579. The summed E-state index contributed by atoms with van der Waals surface area (Å²) in [6, 6.07) is 11.8. The zero-order valence-electron chi connectivity index (χ0n) is 17.7. The predicted molar refractivity (Wildman–Crippen MR) is 130 cm³/mol. The van der Waals surface area contributed by atoms with Gasteiger partial charge in [0, 0.05) is 54.6 Å².